The van der Waals surface area contributed by atoms with Crippen LogP contribution in [-0.4, -0.2) is 40.3 Å². The van der Waals surface area contributed by atoms with E-state index in [1.807, 2.05) is 6.07 Å². The number of anilines is 2. The van der Waals surface area contributed by atoms with Crippen molar-refractivity contribution in [2.24, 2.45) is 5.92 Å². The van der Waals surface area contributed by atoms with Gasteiger partial charge >= 0.3 is 0 Å². The van der Waals surface area contributed by atoms with Crippen LogP contribution in [0.3, 0.4) is 0 Å². The molecule has 0 radical (unpaired) electrons. The summed E-state index contributed by atoms with van der Waals surface area (Å²) in [5.74, 6) is 2.56. The highest BCUT2D eigenvalue weighted by Crippen LogP contribution is 2.25. The second-order valence-electron chi connectivity index (χ2n) is 6.20. The molecule has 2 aliphatic rings. The molecule has 3 rings (SSSR count). The molecule has 2 N–H and O–H groups in total. The molecule has 1 aliphatic carbocycles. The number of hydrogen-bond donors (Lipinski definition) is 2. The van der Waals surface area contributed by atoms with Crippen LogP contribution in [0.25, 0.3) is 0 Å². The topological polar surface area (TPSA) is 61.3 Å². The van der Waals surface area contributed by atoms with Crippen LogP contribution >= 0.6 is 0 Å². The predicted octanol–water partition coefficient (Wildman–Crippen LogP) is 2.04. The van der Waals surface area contributed by atoms with Gasteiger partial charge in [-0.15, -0.1) is 0 Å². The largest absolute Gasteiger partial charge is 0.391 e. The summed E-state index contributed by atoms with van der Waals surface area (Å²) in [5, 5.41) is 13.2. The first kappa shape index (κ1) is 13.6. The van der Waals surface area contributed by atoms with Gasteiger partial charge in [0.05, 0.1) is 12.1 Å². The minimum Gasteiger partial charge on any atom is -0.391 e. The molecule has 1 aromatic heterocycles. The molecule has 5 heteroatoms. The molecule has 0 amide bonds. The molecule has 1 saturated carbocycles. The van der Waals surface area contributed by atoms with E-state index in [0.717, 1.165) is 49.9 Å². The second-order valence-corrected chi connectivity index (χ2v) is 6.20. The van der Waals surface area contributed by atoms with Crippen LogP contribution in [0.2, 0.25) is 0 Å². The Labute approximate surface area is 120 Å². The zero-order valence-electron chi connectivity index (χ0n) is 12.1. The van der Waals surface area contributed by atoms with Crippen molar-refractivity contribution in [2.45, 2.75) is 51.2 Å². The molecule has 0 bridgehead atoms. The van der Waals surface area contributed by atoms with Crippen molar-refractivity contribution >= 4 is 11.6 Å². The van der Waals surface area contributed by atoms with Gasteiger partial charge in [-0.3, -0.25) is 0 Å². The lowest BCUT2D eigenvalue weighted by Crippen LogP contribution is -2.35. The summed E-state index contributed by atoms with van der Waals surface area (Å²) in [7, 11) is 0. The highest BCUT2D eigenvalue weighted by Gasteiger charge is 2.25. The molecule has 1 unspecified atom stereocenters. The number of rotatable bonds is 3. The zero-order chi connectivity index (χ0) is 13.9. The minimum atomic E-state index is -0.247. The maximum atomic E-state index is 9.89. The van der Waals surface area contributed by atoms with Gasteiger partial charge in [-0.2, -0.15) is 0 Å². The molecular weight excluding hydrogens is 252 g/mol. The summed E-state index contributed by atoms with van der Waals surface area (Å²) in [4.78, 5) is 11.0. The summed E-state index contributed by atoms with van der Waals surface area (Å²) in [6.45, 7) is 4.44. The lowest BCUT2D eigenvalue weighted by atomic mass is 10.0. The lowest BCUT2D eigenvalue weighted by Gasteiger charge is -2.32. The molecule has 1 aromatic rings. The Morgan fingerprint density at radius 3 is 2.90 bits per heavy atom. The van der Waals surface area contributed by atoms with E-state index in [9.17, 15) is 5.11 Å². The molecule has 2 fully saturated rings. The minimum absolute atomic E-state index is 0.137. The number of piperidine rings is 1. The van der Waals surface area contributed by atoms with E-state index in [-0.39, 0.29) is 12.1 Å². The Morgan fingerprint density at radius 1 is 1.25 bits per heavy atom. The molecule has 2 heterocycles. The van der Waals surface area contributed by atoms with Crippen molar-refractivity contribution in [1.82, 2.24) is 9.97 Å². The third kappa shape index (κ3) is 3.03. The molecule has 1 aliphatic heterocycles. The smallest absolute Gasteiger partial charge is 0.134 e. The Balaban J connectivity index is 1.69. The second kappa shape index (κ2) is 5.95. The summed E-state index contributed by atoms with van der Waals surface area (Å²) in [6.07, 6.45) is 6.90. The fourth-order valence-corrected chi connectivity index (χ4v) is 3.30. The lowest BCUT2D eigenvalue weighted by molar-refractivity contribution is 0.171. The van der Waals surface area contributed by atoms with Gasteiger partial charge in [-0.25, -0.2) is 9.97 Å². The van der Waals surface area contributed by atoms with Crippen LogP contribution in [-0.2, 0) is 0 Å². The van der Waals surface area contributed by atoms with Crippen LogP contribution in [0.15, 0.2) is 12.4 Å². The number of hydrogen-bond acceptors (Lipinski definition) is 5. The van der Waals surface area contributed by atoms with Gasteiger partial charge in [-0.1, -0.05) is 6.92 Å². The van der Waals surface area contributed by atoms with Gasteiger partial charge in [0.25, 0.3) is 0 Å². The van der Waals surface area contributed by atoms with E-state index in [1.54, 1.807) is 6.33 Å². The average molecular weight is 276 g/mol. The summed E-state index contributed by atoms with van der Waals surface area (Å²) in [5.41, 5.74) is 0. The van der Waals surface area contributed by atoms with Gasteiger partial charge in [-0.05, 0) is 38.0 Å². The molecule has 1 saturated heterocycles. The van der Waals surface area contributed by atoms with Crippen molar-refractivity contribution in [3.05, 3.63) is 12.4 Å². The quantitative estimate of drug-likeness (QED) is 0.884. The first-order chi connectivity index (χ1) is 9.72. The maximum absolute atomic E-state index is 9.89. The fraction of sp³-hybridized carbons (Fsp3) is 0.733. The number of aliphatic hydroxyl groups excluding tert-OH is 1. The molecule has 5 nitrogen and oxygen atoms in total. The highest BCUT2D eigenvalue weighted by molar-refractivity contribution is 5.49. The normalized spacial score (nSPS) is 30.5. The number of aliphatic hydroxyl groups is 1. The number of nitrogens with one attached hydrogen (secondary N) is 1. The standard InChI is InChI=1S/C15H24N4O/c1-11-4-3-7-19(9-11)15-8-14(16-10-17-15)18-12-5-2-6-13(12)20/h8,10-13,20H,2-7,9H2,1H3,(H,16,17,18)/t11?,12-,13-/m1/s1. The van der Waals surface area contributed by atoms with Gasteiger partial charge in [0.2, 0.25) is 0 Å². The third-order valence-corrected chi connectivity index (χ3v) is 4.45. The van der Waals surface area contributed by atoms with E-state index in [2.05, 4.69) is 27.1 Å². The van der Waals surface area contributed by atoms with Gasteiger partial charge < -0.3 is 15.3 Å². The summed E-state index contributed by atoms with van der Waals surface area (Å²) >= 11 is 0. The van der Waals surface area contributed by atoms with Crippen LogP contribution in [0.4, 0.5) is 11.6 Å². The van der Waals surface area contributed by atoms with Gasteiger partial charge in [0.1, 0.15) is 18.0 Å². The van der Waals surface area contributed by atoms with Crippen molar-refractivity contribution < 1.29 is 5.11 Å². The highest BCUT2D eigenvalue weighted by atomic mass is 16.3. The van der Waals surface area contributed by atoms with E-state index >= 15 is 0 Å². The van der Waals surface area contributed by atoms with E-state index in [1.165, 1.54) is 12.8 Å². The van der Waals surface area contributed by atoms with E-state index < -0.39 is 0 Å². The first-order valence-electron chi connectivity index (χ1n) is 7.74. The maximum Gasteiger partial charge on any atom is 0.134 e. The molecule has 3 atom stereocenters. The summed E-state index contributed by atoms with van der Waals surface area (Å²) < 4.78 is 0. The van der Waals surface area contributed by atoms with Crippen molar-refractivity contribution in [1.29, 1.82) is 0 Å². The zero-order valence-corrected chi connectivity index (χ0v) is 12.1. The van der Waals surface area contributed by atoms with Crippen LogP contribution in [0.5, 0.6) is 0 Å². The van der Waals surface area contributed by atoms with Gasteiger partial charge in [0, 0.05) is 19.2 Å². The van der Waals surface area contributed by atoms with E-state index in [0.29, 0.717) is 0 Å². The van der Waals surface area contributed by atoms with Gasteiger partial charge in [0.15, 0.2) is 0 Å². The Morgan fingerprint density at radius 2 is 2.15 bits per heavy atom. The molecule has 0 aromatic carbocycles. The number of aromatic nitrogens is 2. The monoisotopic (exact) mass is 276 g/mol. The van der Waals surface area contributed by atoms with Crippen molar-refractivity contribution in [3.63, 3.8) is 0 Å². The Hall–Kier alpha value is -1.36. The molecule has 0 spiro atoms. The van der Waals surface area contributed by atoms with Crippen LogP contribution in [0.1, 0.15) is 39.0 Å². The Kier molecular flexibility index (Phi) is 4.05. The van der Waals surface area contributed by atoms with E-state index in [4.69, 9.17) is 0 Å². The SMILES string of the molecule is CC1CCCN(c2cc(N[C@@H]3CCC[C@H]3O)ncn2)C1. The average Bonchev–Trinajstić information content (AvgIpc) is 2.85. The van der Waals surface area contributed by atoms with Crippen LogP contribution < -0.4 is 10.2 Å². The Bertz CT molecular complexity index is 453. The number of nitrogens with zero attached hydrogens (tertiary/aromatic N) is 3. The van der Waals surface area contributed by atoms with Crippen molar-refractivity contribution in [3.8, 4) is 0 Å². The fourth-order valence-electron chi connectivity index (χ4n) is 3.30. The molecule has 20 heavy (non-hydrogen) atoms. The van der Waals surface area contributed by atoms with Crippen LogP contribution in [0, 0.1) is 5.92 Å². The first-order valence-corrected chi connectivity index (χ1v) is 7.74. The van der Waals surface area contributed by atoms with Crippen molar-refractivity contribution in [2.75, 3.05) is 23.3 Å². The third-order valence-electron chi connectivity index (χ3n) is 4.45. The molecular formula is C15H24N4O. The summed E-state index contributed by atoms with van der Waals surface area (Å²) in [6, 6.07) is 2.15. The predicted molar refractivity (Wildman–Crippen MR) is 79.9 cm³/mol. The molecule has 110 valence electrons.